The molecule has 0 unspecified atom stereocenters. The summed E-state index contributed by atoms with van der Waals surface area (Å²) in [4.78, 5) is 6.29. The summed E-state index contributed by atoms with van der Waals surface area (Å²) in [5.74, 6) is 0.878. The Bertz CT molecular complexity index is 343. The van der Waals surface area contributed by atoms with Gasteiger partial charge in [0.05, 0.1) is 0 Å². The van der Waals surface area contributed by atoms with Gasteiger partial charge in [-0.2, -0.15) is 0 Å². The smallest absolute Gasteiger partial charge is 0.193 e. The van der Waals surface area contributed by atoms with Gasteiger partial charge < -0.3 is 10.2 Å². The van der Waals surface area contributed by atoms with Gasteiger partial charge in [-0.1, -0.05) is 36.4 Å². The van der Waals surface area contributed by atoms with E-state index in [4.69, 9.17) is 0 Å². The predicted octanol–water partition coefficient (Wildman–Crippen LogP) is 1.88. The van der Waals surface area contributed by atoms with E-state index in [-0.39, 0.29) is 0 Å². The molecule has 3 nitrogen and oxygen atoms in total. The van der Waals surface area contributed by atoms with Crippen molar-refractivity contribution in [2.75, 3.05) is 20.6 Å². The molecule has 1 N–H and O–H groups in total. The zero-order valence-corrected chi connectivity index (χ0v) is 9.98. The van der Waals surface area contributed by atoms with E-state index < -0.39 is 0 Å². The molecular formula is C13H19N3. The van der Waals surface area contributed by atoms with Crippen molar-refractivity contribution >= 4 is 5.96 Å². The lowest BCUT2D eigenvalue weighted by atomic mass is 10.2. The molecule has 0 aromatic heterocycles. The van der Waals surface area contributed by atoms with Crippen LogP contribution in [0.1, 0.15) is 5.56 Å². The van der Waals surface area contributed by atoms with Crippen molar-refractivity contribution in [3.63, 3.8) is 0 Å². The number of hydrogen-bond acceptors (Lipinski definition) is 1. The van der Waals surface area contributed by atoms with E-state index in [0.29, 0.717) is 0 Å². The molecule has 0 bridgehead atoms. The standard InChI is InChI=1S/C13H19N3/c1-4-10-15-13(14-2)16(3)11-12-8-6-5-7-9-12/h4-9H,1,10-11H2,2-3H3,(H,14,15). The van der Waals surface area contributed by atoms with Gasteiger partial charge in [-0.15, -0.1) is 6.58 Å². The second-order valence-corrected chi connectivity index (χ2v) is 3.56. The van der Waals surface area contributed by atoms with Crippen LogP contribution in [0.2, 0.25) is 0 Å². The molecule has 1 aromatic rings. The summed E-state index contributed by atoms with van der Waals surface area (Å²) in [6.45, 7) is 5.25. The van der Waals surface area contributed by atoms with Crippen molar-refractivity contribution in [3.05, 3.63) is 48.6 Å². The third-order valence-corrected chi connectivity index (χ3v) is 2.24. The molecule has 0 aliphatic rings. The highest BCUT2D eigenvalue weighted by Gasteiger charge is 2.04. The maximum absolute atomic E-state index is 4.21. The first-order valence-electron chi connectivity index (χ1n) is 5.34. The minimum absolute atomic E-state index is 0.728. The molecule has 0 aliphatic carbocycles. The summed E-state index contributed by atoms with van der Waals surface area (Å²) in [6, 6.07) is 10.3. The van der Waals surface area contributed by atoms with E-state index in [9.17, 15) is 0 Å². The molecule has 3 heteroatoms. The molecule has 1 rings (SSSR count). The Labute approximate surface area is 97.5 Å². The number of guanidine groups is 1. The average Bonchev–Trinajstić information content (AvgIpc) is 2.31. The molecule has 0 fully saturated rings. The van der Waals surface area contributed by atoms with Crippen molar-refractivity contribution in [1.82, 2.24) is 10.2 Å². The first-order chi connectivity index (χ1) is 7.77. The molecule has 0 atom stereocenters. The highest BCUT2D eigenvalue weighted by molar-refractivity contribution is 5.79. The highest BCUT2D eigenvalue weighted by Crippen LogP contribution is 2.02. The van der Waals surface area contributed by atoms with Crippen LogP contribution in [-0.4, -0.2) is 31.5 Å². The Hall–Kier alpha value is -1.77. The topological polar surface area (TPSA) is 27.6 Å². The number of aliphatic imine (C=N–C) groups is 1. The molecule has 0 radical (unpaired) electrons. The number of benzene rings is 1. The predicted molar refractivity (Wildman–Crippen MR) is 69.5 cm³/mol. The van der Waals surface area contributed by atoms with E-state index in [2.05, 4.69) is 33.9 Å². The molecule has 16 heavy (non-hydrogen) atoms. The maximum atomic E-state index is 4.21. The van der Waals surface area contributed by atoms with Gasteiger partial charge in [0.15, 0.2) is 5.96 Å². The van der Waals surface area contributed by atoms with Gasteiger partial charge in [0.25, 0.3) is 0 Å². The van der Waals surface area contributed by atoms with Crippen molar-refractivity contribution in [2.45, 2.75) is 6.54 Å². The van der Waals surface area contributed by atoms with Crippen LogP contribution in [0.15, 0.2) is 48.0 Å². The fraction of sp³-hybridized carbons (Fsp3) is 0.308. The molecule has 0 saturated heterocycles. The molecule has 0 amide bonds. The van der Waals surface area contributed by atoms with Crippen LogP contribution < -0.4 is 5.32 Å². The third-order valence-electron chi connectivity index (χ3n) is 2.24. The zero-order valence-electron chi connectivity index (χ0n) is 9.98. The average molecular weight is 217 g/mol. The normalized spacial score (nSPS) is 11.0. The van der Waals surface area contributed by atoms with Crippen LogP contribution in [0.3, 0.4) is 0 Å². The van der Waals surface area contributed by atoms with E-state index in [1.165, 1.54) is 5.56 Å². The van der Waals surface area contributed by atoms with Crippen molar-refractivity contribution in [2.24, 2.45) is 4.99 Å². The first-order valence-corrected chi connectivity index (χ1v) is 5.34. The fourth-order valence-corrected chi connectivity index (χ4v) is 1.48. The molecule has 0 heterocycles. The van der Waals surface area contributed by atoms with E-state index in [1.807, 2.05) is 31.3 Å². The van der Waals surface area contributed by atoms with Gasteiger partial charge in [-0.25, -0.2) is 0 Å². The summed E-state index contributed by atoms with van der Waals surface area (Å²) in [6.07, 6.45) is 1.82. The van der Waals surface area contributed by atoms with Crippen LogP contribution in [-0.2, 0) is 6.54 Å². The van der Waals surface area contributed by atoms with Crippen LogP contribution in [0, 0.1) is 0 Å². The summed E-state index contributed by atoms with van der Waals surface area (Å²) >= 11 is 0. The Balaban J connectivity index is 2.56. The van der Waals surface area contributed by atoms with Crippen molar-refractivity contribution < 1.29 is 0 Å². The van der Waals surface area contributed by atoms with E-state index in [0.717, 1.165) is 19.0 Å². The minimum atomic E-state index is 0.728. The summed E-state index contributed by atoms with van der Waals surface area (Å²) in [7, 11) is 3.80. The van der Waals surface area contributed by atoms with E-state index in [1.54, 1.807) is 7.05 Å². The van der Waals surface area contributed by atoms with Crippen molar-refractivity contribution in [1.29, 1.82) is 0 Å². The summed E-state index contributed by atoms with van der Waals surface area (Å²) in [5.41, 5.74) is 1.27. The van der Waals surface area contributed by atoms with Gasteiger partial charge in [-0.05, 0) is 5.56 Å². The molecule has 0 aliphatic heterocycles. The second kappa shape index (κ2) is 6.67. The largest absolute Gasteiger partial charge is 0.353 e. The molecule has 1 aromatic carbocycles. The number of nitrogens with one attached hydrogen (secondary N) is 1. The SMILES string of the molecule is C=CCNC(=NC)N(C)Cc1ccccc1. The van der Waals surface area contributed by atoms with Crippen molar-refractivity contribution in [3.8, 4) is 0 Å². The Morgan fingerprint density at radius 3 is 2.69 bits per heavy atom. The van der Waals surface area contributed by atoms with E-state index >= 15 is 0 Å². The quantitative estimate of drug-likeness (QED) is 0.474. The Morgan fingerprint density at radius 2 is 2.12 bits per heavy atom. The third kappa shape index (κ3) is 3.77. The first kappa shape index (κ1) is 12.3. The fourth-order valence-electron chi connectivity index (χ4n) is 1.48. The number of nitrogens with zero attached hydrogens (tertiary/aromatic N) is 2. The summed E-state index contributed by atoms with van der Waals surface area (Å²) < 4.78 is 0. The lowest BCUT2D eigenvalue weighted by Crippen LogP contribution is -2.38. The monoisotopic (exact) mass is 217 g/mol. The second-order valence-electron chi connectivity index (χ2n) is 3.56. The number of hydrogen-bond donors (Lipinski definition) is 1. The molecule has 86 valence electrons. The van der Waals surface area contributed by atoms with Gasteiger partial charge in [0.1, 0.15) is 0 Å². The van der Waals surface area contributed by atoms with Crippen LogP contribution in [0.4, 0.5) is 0 Å². The van der Waals surface area contributed by atoms with Gasteiger partial charge in [0.2, 0.25) is 0 Å². The lowest BCUT2D eigenvalue weighted by Gasteiger charge is -2.21. The van der Waals surface area contributed by atoms with Crippen LogP contribution in [0.5, 0.6) is 0 Å². The Kier molecular flexibility index (Phi) is 5.12. The van der Waals surface area contributed by atoms with Gasteiger partial charge in [0, 0.05) is 27.2 Å². The minimum Gasteiger partial charge on any atom is -0.353 e. The molecule has 0 spiro atoms. The number of rotatable bonds is 4. The van der Waals surface area contributed by atoms with Gasteiger partial charge >= 0.3 is 0 Å². The summed E-state index contributed by atoms with van der Waals surface area (Å²) in [5, 5.41) is 3.20. The molecular weight excluding hydrogens is 198 g/mol. The van der Waals surface area contributed by atoms with Gasteiger partial charge in [-0.3, -0.25) is 4.99 Å². The van der Waals surface area contributed by atoms with Crippen LogP contribution in [0.25, 0.3) is 0 Å². The zero-order chi connectivity index (χ0) is 11.8. The molecule has 0 saturated carbocycles. The Morgan fingerprint density at radius 1 is 1.44 bits per heavy atom. The lowest BCUT2D eigenvalue weighted by molar-refractivity contribution is 0.480. The van der Waals surface area contributed by atoms with Crippen LogP contribution >= 0.6 is 0 Å². The highest BCUT2D eigenvalue weighted by atomic mass is 15.3. The maximum Gasteiger partial charge on any atom is 0.193 e.